The molecule has 2 rings (SSSR count). The Balaban J connectivity index is 1.95. The van der Waals surface area contributed by atoms with E-state index in [1.54, 1.807) is 0 Å². The van der Waals surface area contributed by atoms with E-state index in [1.807, 2.05) is 13.8 Å². The number of aromatic nitrogens is 1. The largest absolute Gasteiger partial charge is 0.361 e. The minimum atomic E-state index is 0.157. The lowest BCUT2D eigenvalue weighted by Gasteiger charge is -2.27. The van der Waals surface area contributed by atoms with E-state index in [0.29, 0.717) is 6.04 Å². The zero-order valence-electron chi connectivity index (χ0n) is 10.5. The molecule has 92 valence electrons. The summed E-state index contributed by atoms with van der Waals surface area (Å²) in [4.78, 5) is 0. The Hall–Kier alpha value is -1.34. The number of rotatable bonds is 3. The second kappa shape index (κ2) is 5.33. The van der Waals surface area contributed by atoms with Crippen molar-refractivity contribution < 1.29 is 4.52 Å². The molecule has 1 N–H and O–H groups in total. The van der Waals surface area contributed by atoms with Gasteiger partial charge in [0, 0.05) is 18.2 Å². The predicted octanol–water partition coefficient (Wildman–Crippen LogP) is 2.46. The van der Waals surface area contributed by atoms with E-state index in [4.69, 9.17) is 9.78 Å². The van der Waals surface area contributed by atoms with E-state index >= 15 is 0 Å². The molecule has 0 saturated heterocycles. The van der Waals surface area contributed by atoms with Crippen molar-refractivity contribution in [2.75, 3.05) is 0 Å². The fraction of sp³-hybridized carbons (Fsp3) is 0.692. The quantitative estimate of drug-likeness (QED) is 0.871. The van der Waals surface area contributed by atoms with Crippen LogP contribution in [0.15, 0.2) is 4.52 Å². The highest BCUT2D eigenvalue weighted by Crippen LogP contribution is 2.24. The van der Waals surface area contributed by atoms with E-state index in [0.717, 1.165) is 36.4 Å². The standard InChI is InChI=1S/C13H19N3O/c1-9-12(10(2)17-16-9)8-15-13-6-4-3-5-11(13)7-14/h11,13,15H,3-6,8H2,1-2H3. The molecule has 0 aromatic carbocycles. The van der Waals surface area contributed by atoms with Crippen LogP contribution < -0.4 is 5.32 Å². The monoisotopic (exact) mass is 233 g/mol. The third-order valence-electron chi connectivity index (χ3n) is 3.65. The molecule has 0 aliphatic heterocycles. The van der Waals surface area contributed by atoms with Crippen LogP contribution in [0.5, 0.6) is 0 Å². The van der Waals surface area contributed by atoms with Gasteiger partial charge in [-0.25, -0.2) is 0 Å². The van der Waals surface area contributed by atoms with Crippen LogP contribution in [-0.4, -0.2) is 11.2 Å². The third-order valence-corrected chi connectivity index (χ3v) is 3.65. The minimum absolute atomic E-state index is 0.157. The van der Waals surface area contributed by atoms with Gasteiger partial charge in [0.2, 0.25) is 0 Å². The van der Waals surface area contributed by atoms with Gasteiger partial charge in [-0.15, -0.1) is 0 Å². The first-order valence-corrected chi connectivity index (χ1v) is 6.27. The highest BCUT2D eigenvalue weighted by Gasteiger charge is 2.24. The van der Waals surface area contributed by atoms with E-state index in [1.165, 1.54) is 12.8 Å². The summed E-state index contributed by atoms with van der Waals surface area (Å²) in [5, 5.41) is 16.5. The van der Waals surface area contributed by atoms with E-state index < -0.39 is 0 Å². The van der Waals surface area contributed by atoms with Crippen LogP contribution in [0.4, 0.5) is 0 Å². The summed E-state index contributed by atoms with van der Waals surface area (Å²) in [5.41, 5.74) is 2.08. The molecule has 4 heteroatoms. The van der Waals surface area contributed by atoms with Crippen molar-refractivity contribution in [2.24, 2.45) is 5.92 Å². The van der Waals surface area contributed by atoms with E-state index in [2.05, 4.69) is 16.5 Å². The van der Waals surface area contributed by atoms with Crippen molar-refractivity contribution in [2.45, 2.75) is 52.1 Å². The number of hydrogen-bond donors (Lipinski definition) is 1. The van der Waals surface area contributed by atoms with Gasteiger partial charge in [-0.1, -0.05) is 18.0 Å². The van der Waals surface area contributed by atoms with E-state index in [-0.39, 0.29) is 5.92 Å². The molecule has 17 heavy (non-hydrogen) atoms. The lowest BCUT2D eigenvalue weighted by Crippen LogP contribution is -2.37. The predicted molar refractivity (Wildman–Crippen MR) is 64.2 cm³/mol. The summed E-state index contributed by atoms with van der Waals surface area (Å²) in [6, 6.07) is 2.73. The second-order valence-electron chi connectivity index (χ2n) is 4.81. The van der Waals surface area contributed by atoms with Crippen LogP contribution in [0.25, 0.3) is 0 Å². The Morgan fingerprint density at radius 2 is 2.18 bits per heavy atom. The van der Waals surface area contributed by atoms with Gasteiger partial charge in [0.15, 0.2) is 0 Å². The second-order valence-corrected chi connectivity index (χ2v) is 4.81. The van der Waals surface area contributed by atoms with Crippen molar-refractivity contribution in [1.29, 1.82) is 5.26 Å². The van der Waals surface area contributed by atoms with Gasteiger partial charge in [-0.05, 0) is 26.7 Å². The third kappa shape index (κ3) is 2.67. The van der Waals surface area contributed by atoms with Crippen LogP contribution in [0.3, 0.4) is 0 Å². The molecule has 0 bridgehead atoms. The van der Waals surface area contributed by atoms with Gasteiger partial charge < -0.3 is 9.84 Å². The average Bonchev–Trinajstić information content (AvgIpc) is 2.67. The number of hydrogen-bond acceptors (Lipinski definition) is 4. The van der Waals surface area contributed by atoms with Gasteiger partial charge in [0.1, 0.15) is 5.76 Å². The molecule has 0 spiro atoms. The smallest absolute Gasteiger partial charge is 0.138 e. The summed E-state index contributed by atoms with van der Waals surface area (Å²) in [7, 11) is 0. The Morgan fingerprint density at radius 1 is 1.41 bits per heavy atom. The van der Waals surface area contributed by atoms with Crippen molar-refractivity contribution in [3.63, 3.8) is 0 Å². The molecular formula is C13H19N3O. The Morgan fingerprint density at radius 3 is 2.82 bits per heavy atom. The minimum Gasteiger partial charge on any atom is -0.361 e. The number of nitrogens with one attached hydrogen (secondary N) is 1. The topological polar surface area (TPSA) is 61.9 Å². The molecule has 1 aromatic rings. The maximum absolute atomic E-state index is 9.11. The maximum atomic E-state index is 9.11. The highest BCUT2D eigenvalue weighted by atomic mass is 16.5. The summed E-state index contributed by atoms with van der Waals surface area (Å²) in [6.07, 6.45) is 4.52. The first-order valence-electron chi connectivity index (χ1n) is 6.27. The zero-order valence-corrected chi connectivity index (χ0v) is 10.5. The first-order chi connectivity index (χ1) is 8.22. The Bertz CT molecular complexity index is 399. The van der Waals surface area contributed by atoms with Crippen molar-refractivity contribution in [3.05, 3.63) is 17.0 Å². The summed E-state index contributed by atoms with van der Waals surface area (Å²) < 4.78 is 5.13. The lowest BCUT2D eigenvalue weighted by molar-refractivity contribution is 0.310. The number of nitriles is 1. The summed E-state index contributed by atoms with van der Waals surface area (Å²) >= 11 is 0. The molecular weight excluding hydrogens is 214 g/mol. The fourth-order valence-electron chi connectivity index (χ4n) is 2.52. The van der Waals surface area contributed by atoms with Gasteiger partial charge >= 0.3 is 0 Å². The molecule has 1 aromatic heterocycles. The SMILES string of the molecule is Cc1noc(C)c1CNC1CCCCC1C#N. The van der Waals surface area contributed by atoms with Gasteiger partial charge in [0.25, 0.3) is 0 Å². The van der Waals surface area contributed by atoms with Gasteiger partial charge in [0.05, 0.1) is 17.7 Å². The molecule has 0 amide bonds. The van der Waals surface area contributed by atoms with Crippen LogP contribution in [-0.2, 0) is 6.54 Å². The fourth-order valence-corrected chi connectivity index (χ4v) is 2.52. The molecule has 0 radical (unpaired) electrons. The molecule has 2 atom stereocenters. The zero-order chi connectivity index (χ0) is 12.3. The van der Waals surface area contributed by atoms with Crippen molar-refractivity contribution in [3.8, 4) is 6.07 Å². The molecule has 1 heterocycles. The van der Waals surface area contributed by atoms with Crippen LogP contribution in [0.1, 0.15) is 42.7 Å². The molecule has 1 saturated carbocycles. The average molecular weight is 233 g/mol. The lowest BCUT2D eigenvalue weighted by atomic mass is 9.85. The maximum Gasteiger partial charge on any atom is 0.138 e. The van der Waals surface area contributed by atoms with Crippen molar-refractivity contribution >= 4 is 0 Å². The molecule has 4 nitrogen and oxygen atoms in total. The highest BCUT2D eigenvalue weighted by molar-refractivity contribution is 5.20. The first kappa shape index (κ1) is 12.1. The molecule has 1 aliphatic carbocycles. The molecule has 1 fully saturated rings. The van der Waals surface area contributed by atoms with E-state index in [9.17, 15) is 0 Å². The normalized spacial score (nSPS) is 24.5. The van der Waals surface area contributed by atoms with Gasteiger partial charge in [-0.2, -0.15) is 5.26 Å². The Kier molecular flexibility index (Phi) is 3.80. The molecule has 2 unspecified atom stereocenters. The Labute approximate surface area is 102 Å². The van der Waals surface area contributed by atoms with Gasteiger partial charge in [-0.3, -0.25) is 0 Å². The number of aryl methyl sites for hydroxylation is 2. The molecule has 1 aliphatic rings. The van der Waals surface area contributed by atoms with Crippen LogP contribution >= 0.6 is 0 Å². The number of nitrogens with zero attached hydrogens (tertiary/aromatic N) is 2. The van der Waals surface area contributed by atoms with Crippen molar-refractivity contribution in [1.82, 2.24) is 10.5 Å². The summed E-state index contributed by atoms with van der Waals surface area (Å²) in [5.74, 6) is 1.03. The van der Waals surface area contributed by atoms with Crippen LogP contribution in [0, 0.1) is 31.1 Å². The van der Waals surface area contributed by atoms with Crippen LogP contribution in [0.2, 0.25) is 0 Å². The summed E-state index contributed by atoms with van der Waals surface area (Å²) in [6.45, 7) is 4.64.